The summed E-state index contributed by atoms with van der Waals surface area (Å²) in [7, 11) is 0. The van der Waals surface area contributed by atoms with Crippen molar-refractivity contribution in [2.75, 3.05) is 19.8 Å². The van der Waals surface area contributed by atoms with E-state index in [1.165, 1.54) is 4.90 Å². The molecule has 0 saturated carbocycles. The zero-order valence-corrected chi connectivity index (χ0v) is 20.1. The van der Waals surface area contributed by atoms with Gasteiger partial charge in [0.05, 0.1) is 25.2 Å². The van der Waals surface area contributed by atoms with Crippen molar-refractivity contribution in [2.45, 2.75) is 6.92 Å². The van der Waals surface area contributed by atoms with E-state index in [1.54, 1.807) is 6.08 Å². The molecule has 1 aliphatic rings. The molecule has 2 aromatic carbocycles. The Balaban J connectivity index is 1.69. The zero-order chi connectivity index (χ0) is 20.1. The van der Waals surface area contributed by atoms with Gasteiger partial charge in [-0.2, -0.15) is 0 Å². The van der Waals surface area contributed by atoms with Crippen LogP contribution in [-0.2, 0) is 4.79 Å². The molecule has 2 amide bonds. The summed E-state index contributed by atoms with van der Waals surface area (Å²) in [5, 5.41) is -0.275. The van der Waals surface area contributed by atoms with E-state index in [0.717, 1.165) is 30.2 Å². The molecule has 0 N–H and O–H groups in total. The van der Waals surface area contributed by atoms with Gasteiger partial charge in [-0.05, 0) is 99.8 Å². The number of imide groups is 1. The van der Waals surface area contributed by atoms with Crippen LogP contribution in [0.3, 0.4) is 0 Å². The molecule has 0 unspecified atom stereocenters. The number of ether oxygens (including phenoxy) is 2. The highest BCUT2D eigenvalue weighted by Crippen LogP contribution is 2.34. The highest BCUT2D eigenvalue weighted by molar-refractivity contribution is 14.1. The van der Waals surface area contributed by atoms with E-state index in [9.17, 15) is 9.59 Å². The molecule has 1 fully saturated rings. The van der Waals surface area contributed by atoms with Gasteiger partial charge in [-0.15, -0.1) is 0 Å². The van der Waals surface area contributed by atoms with Gasteiger partial charge in [-0.3, -0.25) is 14.5 Å². The normalized spacial score (nSPS) is 15.4. The fourth-order valence-electron chi connectivity index (χ4n) is 2.56. The van der Waals surface area contributed by atoms with E-state index in [0.29, 0.717) is 17.3 Å². The first-order valence-electron chi connectivity index (χ1n) is 8.54. The molecule has 0 atom stereocenters. The third-order valence-electron chi connectivity index (χ3n) is 3.81. The molecule has 146 valence electrons. The average molecular weight is 621 g/mol. The molecule has 8 heteroatoms. The summed E-state index contributed by atoms with van der Waals surface area (Å²) in [5.41, 5.74) is 0.864. The van der Waals surface area contributed by atoms with E-state index in [2.05, 4.69) is 45.2 Å². The van der Waals surface area contributed by atoms with Crippen LogP contribution in [0.25, 0.3) is 6.08 Å². The molecule has 0 radical (unpaired) electrons. The van der Waals surface area contributed by atoms with E-state index in [4.69, 9.17) is 9.47 Å². The van der Waals surface area contributed by atoms with Gasteiger partial charge in [0.2, 0.25) is 0 Å². The quantitative estimate of drug-likeness (QED) is 0.306. The fourth-order valence-corrected chi connectivity index (χ4v) is 5.55. The average Bonchev–Trinajstić information content (AvgIpc) is 2.93. The highest BCUT2D eigenvalue weighted by Gasteiger charge is 2.34. The van der Waals surface area contributed by atoms with Gasteiger partial charge < -0.3 is 9.47 Å². The first kappa shape index (κ1) is 21.4. The number of hydrogen-bond acceptors (Lipinski definition) is 5. The van der Waals surface area contributed by atoms with Gasteiger partial charge in [-0.1, -0.05) is 18.2 Å². The Labute approximate surface area is 195 Å². The predicted molar refractivity (Wildman–Crippen MR) is 128 cm³/mol. The summed E-state index contributed by atoms with van der Waals surface area (Å²) in [6.45, 7) is 3.01. The van der Waals surface area contributed by atoms with Crippen LogP contribution in [-0.4, -0.2) is 35.8 Å². The van der Waals surface area contributed by atoms with Crippen LogP contribution in [0.4, 0.5) is 4.79 Å². The number of nitrogens with zero attached hydrogens (tertiary/aromatic N) is 1. The van der Waals surface area contributed by atoms with Gasteiger partial charge in [0.25, 0.3) is 11.1 Å². The van der Waals surface area contributed by atoms with Crippen molar-refractivity contribution in [3.63, 3.8) is 0 Å². The molecular formula is C20H17I2NO4S. The summed E-state index contributed by atoms with van der Waals surface area (Å²) < 4.78 is 13.2. The molecule has 5 nitrogen and oxygen atoms in total. The van der Waals surface area contributed by atoms with E-state index < -0.39 is 0 Å². The number of rotatable bonds is 7. The Hall–Kier alpha value is -1.27. The summed E-state index contributed by atoms with van der Waals surface area (Å²) in [5.74, 6) is 1.26. The van der Waals surface area contributed by atoms with Crippen molar-refractivity contribution < 1.29 is 19.1 Å². The molecule has 1 saturated heterocycles. The molecule has 2 aromatic rings. The molecule has 1 heterocycles. The lowest BCUT2D eigenvalue weighted by Crippen LogP contribution is -2.32. The number of carbonyl (C=O) groups is 2. The number of halogens is 2. The topological polar surface area (TPSA) is 55.8 Å². The van der Waals surface area contributed by atoms with Crippen molar-refractivity contribution in [1.29, 1.82) is 0 Å². The van der Waals surface area contributed by atoms with Crippen LogP contribution in [0, 0.1) is 7.14 Å². The summed E-state index contributed by atoms with van der Waals surface area (Å²) >= 11 is 5.38. The van der Waals surface area contributed by atoms with E-state index in [-0.39, 0.29) is 24.3 Å². The SMILES string of the molecule is CCOc1c(I)cc(/C=C2\SC(=O)N(CCOc3ccccc3)C2=O)cc1I. The second kappa shape index (κ2) is 9.97. The van der Waals surface area contributed by atoms with E-state index in [1.807, 2.05) is 49.4 Å². The number of thioether (sulfide) groups is 1. The van der Waals surface area contributed by atoms with Crippen molar-refractivity contribution >= 4 is 74.2 Å². The van der Waals surface area contributed by atoms with Crippen LogP contribution in [0.15, 0.2) is 47.4 Å². The smallest absolute Gasteiger partial charge is 0.293 e. The van der Waals surface area contributed by atoms with E-state index >= 15 is 0 Å². The summed E-state index contributed by atoms with van der Waals surface area (Å²) in [6.07, 6.45) is 1.75. The van der Waals surface area contributed by atoms with Crippen LogP contribution in [0.5, 0.6) is 11.5 Å². The maximum atomic E-state index is 12.6. The Morgan fingerprint density at radius 1 is 1.07 bits per heavy atom. The Morgan fingerprint density at radius 2 is 1.75 bits per heavy atom. The van der Waals surface area contributed by atoms with Gasteiger partial charge in [0.1, 0.15) is 18.1 Å². The third-order valence-corrected chi connectivity index (χ3v) is 6.32. The molecule has 3 rings (SSSR count). The molecule has 0 bridgehead atoms. The van der Waals surface area contributed by atoms with Crippen molar-refractivity contribution in [1.82, 2.24) is 4.90 Å². The maximum Gasteiger partial charge on any atom is 0.293 e. The predicted octanol–water partition coefficient (Wildman–Crippen LogP) is 5.41. The van der Waals surface area contributed by atoms with Gasteiger partial charge in [0, 0.05) is 0 Å². The van der Waals surface area contributed by atoms with Crippen molar-refractivity contribution in [3.8, 4) is 11.5 Å². The molecule has 0 aliphatic carbocycles. The first-order valence-corrected chi connectivity index (χ1v) is 11.5. The Morgan fingerprint density at radius 3 is 2.39 bits per heavy atom. The lowest BCUT2D eigenvalue weighted by molar-refractivity contribution is -0.123. The number of carbonyl (C=O) groups excluding carboxylic acids is 2. The van der Waals surface area contributed by atoms with Crippen molar-refractivity contribution in [3.05, 3.63) is 60.1 Å². The minimum atomic E-state index is -0.287. The third kappa shape index (κ3) is 5.20. The van der Waals surface area contributed by atoms with Crippen LogP contribution in [0.1, 0.15) is 12.5 Å². The minimum Gasteiger partial charge on any atom is -0.492 e. The standard InChI is InChI=1S/C20H17I2NO4S/c1-2-26-18-15(21)10-13(11-16(18)22)12-17-19(24)23(20(25)28-17)8-9-27-14-6-4-3-5-7-14/h3-7,10-12H,2,8-9H2,1H3/b17-12-. The van der Waals surface area contributed by atoms with Crippen LogP contribution < -0.4 is 9.47 Å². The second-order valence-corrected chi connectivity index (χ2v) is 9.06. The summed E-state index contributed by atoms with van der Waals surface area (Å²) in [6, 6.07) is 13.2. The van der Waals surface area contributed by atoms with Crippen molar-refractivity contribution in [2.24, 2.45) is 0 Å². The zero-order valence-electron chi connectivity index (χ0n) is 15.0. The molecular weight excluding hydrogens is 604 g/mol. The van der Waals surface area contributed by atoms with Gasteiger partial charge >= 0.3 is 0 Å². The molecule has 0 aromatic heterocycles. The number of hydrogen-bond donors (Lipinski definition) is 0. The highest BCUT2D eigenvalue weighted by atomic mass is 127. The van der Waals surface area contributed by atoms with Gasteiger partial charge in [0.15, 0.2) is 0 Å². The lowest BCUT2D eigenvalue weighted by Gasteiger charge is -2.13. The number of amides is 2. The van der Waals surface area contributed by atoms with Crippen LogP contribution in [0.2, 0.25) is 0 Å². The van der Waals surface area contributed by atoms with Crippen LogP contribution >= 0.6 is 56.9 Å². The fraction of sp³-hybridized carbons (Fsp3) is 0.200. The number of para-hydroxylation sites is 1. The van der Waals surface area contributed by atoms with Gasteiger partial charge in [-0.25, -0.2) is 0 Å². The molecule has 0 spiro atoms. The summed E-state index contributed by atoms with van der Waals surface area (Å²) in [4.78, 5) is 26.5. The molecule has 1 aliphatic heterocycles. The Bertz CT molecular complexity index is 895. The first-order chi connectivity index (χ1) is 13.5. The number of benzene rings is 2. The maximum absolute atomic E-state index is 12.6. The second-order valence-electron chi connectivity index (χ2n) is 5.74. The largest absolute Gasteiger partial charge is 0.492 e. The molecule has 28 heavy (non-hydrogen) atoms. The monoisotopic (exact) mass is 621 g/mol. The minimum absolute atomic E-state index is 0.218. The Kier molecular flexibility index (Phi) is 7.63. The lowest BCUT2D eigenvalue weighted by atomic mass is 10.2.